The summed E-state index contributed by atoms with van der Waals surface area (Å²) in [6.07, 6.45) is 1.33. The molecule has 0 spiro atoms. The maximum atomic E-state index is 13.6. The van der Waals surface area contributed by atoms with E-state index in [0.29, 0.717) is 47.6 Å². The average Bonchev–Trinajstić information content (AvgIpc) is 3.39. The summed E-state index contributed by atoms with van der Waals surface area (Å²) >= 11 is 0. The van der Waals surface area contributed by atoms with Gasteiger partial charge in [-0.25, -0.2) is 4.79 Å². The molecule has 0 saturated heterocycles. The van der Waals surface area contributed by atoms with Crippen molar-refractivity contribution in [1.82, 2.24) is 16.0 Å². The smallest absolute Gasteiger partial charge is 0.319 e. The van der Waals surface area contributed by atoms with Crippen molar-refractivity contribution in [2.24, 2.45) is 0 Å². The molecule has 5 N–H and O–H groups in total. The van der Waals surface area contributed by atoms with E-state index in [0.717, 1.165) is 28.8 Å². The number of hydrogen-bond acceptors (Lipinski definition) is 4. The number of urea groups is 1. The first-order valence-electron chi connectivity index (χ1n) is 15.0. The van der Waals surface area contributed by atoms with E-state index in [1.54, 1.807) is 6.07 Å². The average molecular weight is 588 g/mol. The summed E-state index contributed by atoms with van der Waals surface area (Å²) in [5, 5.41) is 15.3. The van der Waals surface area contributed by atoms with E-state index in [2.05, 4.69) is 26.6 Å². The molecule has 8 nitrogen and oxygen atoms in total. The lowest BCUT2D eigenvalue weighted by Crippen LogP contribution is -2.28. The number of anilines is 2. The first-order valence-corrected chi connectivity index (χ1v) is 15.0. The molecule has 0 aliphatic carbocycles. The lowest BCUT2D eigenvalue weighted by molar-refractivity contribution is -0.110. The Morgan fingerprint density at radius 3 is 2.23 bits per heavy atom. The quantitative estimate of drug-likeness (QED) is 0.132. The number of rotatable bonds is 11. The van der Waals surface area contributed by atoms with Gasteiger partial charge in [-0.2, -0.15) is 0 Å². The fraction of sp³-hybridized carbons (Fsp3) is 0.194. The van der Waals surface area contributed by atoms with Crippen LogP contribution in [0.3, 0.4) is 0 Å². The maximum Gasteiger partial charge on any atom is 0.319 e. The first kappa shape index (κ1) is 30.1. The zero-order valence-electron chi connectivity index (χ0n) is 24.9. The third kappa shape index (κ3) is 6.81. The fourth-order valence-corrected chi connectivity index (χ4v) is 5.42. The second kappa shape index (κ2) is 14.2. The second-order valence-electron chi connectivity index (χ2n) is 10.5. The number of carbonyl (C=O) groups is 3. The Labute approximate surface area is 258 Å². The highest BCUT2D eigenvalue weighted by molar-refractivity contribution is 6.37. The van der Waals surface area contributed by atoms with Gasteiger partial charge in [0, 0.05) is 24.3 Å². The molecule has 44 heavy (non-hydrogen) atoms. The third-order valence-corrected chi connectivity index (χ3v) is 7.57. The van der Waals surface area contributed by atoms with Crippen LogP contribution in [0.15, 0.2) is 103 Å². The van der Waals surface area contributed by atoms with Gasteiger partial charge in [-0.05, 0) is 48.6 Å². The molecule has 8 heteroatoms. The van der Waals surface area contributed by atoms with Crippen LogP contribution in [0.25, 0.3) is 11.3 Å². The van der Waals surface area contributed by atoms with Crippen molar-refractivity contribution in [3.8, 4) is 0 Å². The fourth-order valence-electron chi connectivity index (χ4n) is 5.42. The Hall–Kier alpha value is -5.37. The van der Waals surface area contributed by atoms with Crippen molar-refractivity contribution in [3.63, 3.8) is 0 Å². The van der Waals surface area contributed by atoms with Crippen molar-refractivity contribution >= 4 is 40.5 Å². The van der Waals surface area contributed by atoms with Gasteiger partial charge >= 0.3 is 6.03 Å². The van der Waals surface area contributed by atoms with E-state index >= 15 is 0 Å². The summed E-state index contributed by atoms with van der Waals surface area (Å²) in [6, 6.07) is 32.2. The Morgan fingerprint density at radius 1 is 0.795 bits per heavy atom. The van der Waals surface area contributed by atoms with Crippen LogP contribution in [0.2, 0.25) is 0 Å². The SMILES string of the molecule is CCNC(=O)Nc1ccccc1CCN/C(=C1\C(=O)Nc2c(C(=O)N[C@H](CC)c3ccccc3)cccc21)c1ccccc1. The predicted octanol–water partition coefficient (Wildman–Crippen LogP) is 6.36. The van der Waals surface area contributed by atoms with Gasteiger partial charge in [0.1, 0.15) is 0 Å². The van der Waals surface area contributed by atoms with E-state index in [1.807, 2.05) is 111 Å². The normalized spacial score (nSPS) is 13.7. The van der Waals surface area contributed by atoms with E-state index in [-0.39, 0.29) is 23.9 Å². The number of amides is 4. The summed E-state index contributed by atoms with van der Waals surface area (Å²) in [7, 11) is 0. The molecule has 224 valence electrons. The van der Waals surface area contributed by atoms with Gasteiger partial charge in [-0.15, -0.1) is 0 Å². The van der Waals surface area contributed by atoms with Gasteiger partial charge in [0.05, 0.1) is 28.6 Å². The number of fused-ring (bicyclic) bond motifs is 1. The maximum absolute atomic E-state index is 13.6. The van der Waals surface area contributed by atoms with Crippen LogP contribution in [0, 0.1) is 0 Å². The van der Waals surface area contributed by atoms with Gasteiger partial charge < -0.3 is 26.6 Å². The zero-order valence-corrected chi connectivity index (χ0v) is 24.9. The molecule has 0 bridgehead atoms. The van der Waals surface area contributed by atoms with Crippen molar-refractivity contribution < 1.29 is 14.4 Å². The highest BCUT2D eigenvalue weighted by atomic mass is 16.2. The molecular formula is C36H37N5O3. The van der Waals surface area contributed by atoms with Crippen LogP contribution in [-0.4, -0.2) is 30.9 Å². The lowest BCUT2D eigenvalue weighted by atomic mass is 9.97. The zero-order chi connectivity index (χ0) is 30.9. The van der Waals surface area contributed by atoms with Crippen LogP contribution in [0.5, 0.6) is 0 Å². The topological polar surface area (TPSA) is 111 Å². The number of para-hydroxylation sites is 2. The summed E-state index contributed by atoms with van der Waals surface area (Å²) in [5.74, 6) is -0.524. The van der Waals surface area contributed by atoms with Crippen LogP contribution >= 0.6 is 0 Å². The Morgan fingerprint density at radius 2 is 1.50 bits per heavy atom. The van der Waals surface area contributed by atoms with E-state index < -0.39 is 0 Å². The summed E-state index contributed by atoms with van der Waals surface area (Å²) in [6.45, 7) is 4.93. The van der Waals surface area contributed by atoms with E-state index in [9.17, 15) is 14.4 Å². The molecular weight excluding hydrogens is 550 g/mol. The largest absolute Gasteiger partial charge is 0.384 e. The minimum Gasteiger partial charge on any atom is -0.384 e. The Kier molecular flexibility index (Phi) is 9.71. The van der Waals surface area contributed by atoms with Gasteiger partial charge in [0.2, 0.25) is 0 Å². The van der Waals surface area contributed by atoms with Gasteiger partial charge in [0.15, 0.2) is 0 Å². The molecule has 0 radical (unpaired) electrons. The van der Waals surface area contributed by atoms with Gasteiger partial charge in [0.25, 0.3) is 11.8 Å². The van der Waals surface area contributed by atoms with Crippen molar-refractivity contribution in [3.05, 3.63) is 131 Å². The van der Waals surface area contributed by atoms with Crippen molar-refractivity contribution in [2.75, 3.05) is 23.7 Å². The molecule has 1 heterocycles. The number of nitrogens with one attached hydrogen (secondary N) is 5. The Balaban J connectivity index is 1.44. The Bertz CT molecular complexity index is 1670. The molecule has 1 aliphatic heterocycles. The first-order chi connectivity index (χ1) is 21.5. The molecule has 0 saturated carbocycles. The number of hydrogen-bond donors (Lipinski definition) is 5. The molecule has 1 atom stereocenters. The second-order valence-corrected chi connectivity index (χ2v) is 10.5. The molecule has 4 amide bonds. The molecule has 0 unspecified atom stereocenters. The lowest BCUT2D eigenvalue weighted by Gasteiger charge is -2.18. The van der Waals surface area contributed by atoms with E-state index in [1.165, 1.54) is 0 Å². The van der Waals surface area contributed by atoms with Crippen LogP contribution in [0.4, 0.5) is 16.2 Å². The highest BCUT2D eigenvalue weighted by Crippen LogP contribution is 2.38. The number of benzene rings is 4. The van der Waals surface area contributed by atoms with Gasteiger partial charge in [-0.1, -0.05) is 97.9 Å². The molecule has 0 aromatic heterocycles. The minimum absolute atomic E-state index is 0.154. The standard InChI is InChI=1S/C36H37N5O3/c1-3-29(24-14-7-5-8-15-24)39-34(42)28-20-13-19-27-31(35(43)41-33(27)28)32(26-17-9-6-10-18-26)38-23-22-25-16-11-12-21-30(25)40-36(44)37-4-2/h5-21,29,38H,3-4,22-23H2,1-2H3,(H,39,42)(H,41,43)(H2,37,40,44)/b32-31-/t29-/m1/s1. The molecule has 4 aromatic carbocycles. The molecule has 1 aliphatic rings. The molecule has 5 rings (SSSR count). The highest BCUT2D eigenvalue weighted by Gasteiger charge is 2.32. The third-order valence-electron chi connectivity index (χ3n) is 7.57. The summed E-state index contributed by atoms with van der Waals surface area (Å²) < 4.78 is 0. The van der Waals surface area contributed by atoms with Crippen LogP contribution < -0.4 is 26.6 Å². The van der Waals surface area contributed by atoms with E-state index in [4.69, 9.17) is 0 Å². The van der Waals surface area contributed by atoms with Crippen molar-refractivity contribution in [1.29, 1.82) is 0 Å². The summed E-state index contributed by atoms with van der Waals surface area (Å²) in [4.78, 5) is 39.3. The summed E-state index contributed by atoms with van der Waals surface area (Å²) in [5.41, 5.74) is 6.30. The van der Waals surface area contributed by atoms with Crippen LogP contribution in [-0.2, 0) is 11.2 Å². The molecule has 0 fully saturated rings. The predicted molar refractivity (Wildman–Crippen MR) is 176 cm³/mol. The number of carbonyl (C=O) groups excluding carboxylic acids is 3. The van der Waals surface area contributed by atoms with Crippen LogP contribution in [0.1, 0.15) is 58.9 Å². The molecule has 4 aromatic rings. The monoisotopic (exact) mass is 587 g/mol. The van der Waals surface area contributed by atoms with Gasteiger partial charge in [-0.3, -0.25) is 9.59 Å². The minimum atomic E-state index is -0.278. The van der Waals surface area contributed by atoms with Crippen molar-refractivity contribution in [2.45, 2.75) is 32.7 Å².